The topological polar surface area (TPSA) is 88.3 Å². The number of carbonyl (C=O) groups excluding carboxylic acids is 3. The van der Waals surface area contributed by atoms with Gasteiger partial charge in [-0.1, -0.05) is 66.7 Å². The lowest BCUT2D eigenvalue weighted by Gasteiger charge is -2.22. The van der Waals surface area contributed by atoms with Gasteiger partial charge in [0.25, 0.3) is 5.91 Å². The number of nitrogens with one attached hydrogen (secondary N) is 2. The third-order valence-corrected chi connectivity index (χ3v) is 5.64. The summed E-state index contributed by atoms with van der Waals surface area (Å²) in [5.41, 5.74) is 2.76. The molecule has 0 aliphatic heterocycles. The van der Waals surface area contributed by atoms with Crippen LogP contribution in [0.4, 0.5) is 0 Å². The molecule has 33 heavy (non-hydrogen) atoms. The lowest BCUT2D eigenvalue weighted by molar-refractivity contribution is -0.146. The van der Waals surface area contributed by atoms with Crippen LogP contribution in [0.2, 0.25) is 0 Å². The molecule has 1 unspecified atom stereocenters. The molecule has 6 heteroatoms. The van der Waals surface area contributed by atoms with Gasteiger partial charge in [0.1, 0.15) is 5.92 Å². The molecule has 2 N–H and O–H groups in total. The second kappa shape index (κ2) is 9.96. The van der Waals surface area contributed by atoms with Gasteiger partial charge >= 0.3 is 5.97 Å². The standard InChI is InChI=1S/C27H24N2O4/c1-33-27(32)24(18-10-4-2-5-11-18)25(30)23(29-26(31)19-12-6-3-7-13-19)16-20-17-28-22-15-9-8-14-21(20)22/h2-15,17,23-24,28H,16H2,1H3,(H,29,31)/t23-,24?/m0/s1. The van der Waals surface area contributed by atoms with E-state index in [1.807, 2.05) is 42.6 Å². The maximum atomic E-state index is 13.7. The number of aromatic nitrogens is 1. The maximum absolute atomic E-state index is 13.7. The van der Waals surface area contributed by atoms with Crippen molar-refractivity contribution in [1.82, 2.24) is 10.3 Å². The van der Waals surface area contributed by atoms with Crippen molar-refractivity contribution >= 4 is 28.6 Å². The van der Waals surface area contributed by atoms with E-state index in [0.29, 0.717) is 11.1 Å². The Morgan fingerprint density at radius 3 is 2.21 bits per heavy atom. The fraction of sp³-hybridized carbons (Fsp3) is 0.148. The number of rotatable bonds is 8. The Morgan fingerprint density at radius 1 is 0.879 bits per heavy atom. The summed E-state index contributed by atoms with van der Waals surface area (Å²) in [5.74, 6) is -2.63. The van der Waals surface area contributed by atoms with E-state index >= 15 is 0 Å². The summed E-state index contributed by atoms with van der Waals surface area (Å²) in [6.45, 7) is 0. The molecule has 1 heterocycles. The number of para-hydroxylation sites is 1. The number of Topliss-reactive ketones (excluding diaryl/α,β-unsaturated/α-hetero) is 1. The van der Waals surface area contributed by atoms with E-state index in [0.717, 1.165) is 16.5 Å². The summed E-state index contributed by atoms with van der Waals surface area (Å²) in [4.78, 5) is 42.6. The van der Waals surface area contributed by atoms with Crippen LogP contribution in [-0.2, 0) is 20.7 Å². The van der Waals surface area contributed by atoms with E-state index in [1.165, 1.54) is 7.11 Å². The summed E-state index contributed by atoms with van der Waals surface area (Å²) in [6.07, 6.45) is 2.05. The van der Waals surface area contributed by atoms with Gasteiger partial charge in [-0.15, -0.1) is 0 Å². The van der Waals surface area contributed by atoms with Gasteiger partial charge in [0.2, 0.25) is 0 Å². The number of hydrogen-bond donors (Lipinski definition) is 2. The first-order valence-electron chi connectivity index (χ1n) is 10.7. The summed E-state index contributed by atoms with van der Waals surface area (Å²) >= 11 is 0. The molecular weight excluding hydrogens is 416 g/mol. The van der Waals surface area contributed by atoms with Crippen LogP contribution in [0, 0.1) is 0 Å². The highest BCUT2D eigenvalue weighted by atomic mass is 16.5. The number of carbonyl (C=O) groups is 3. The van der Waals surface area contributed by atoms with E-state index in [2.05, 4.69) is 10.3 Å². The van der Waals surface area contributed by atoms with Crippen LogP contribution in [0.25, 0.3) is 10.9 Å². The first kappa shape index (κ1) is 22.0. The highest BCUT2D eigenvalue weighted by Gasteiger charge is 2.36. The molecule has 0 radical (unpaired) electrons. The van der Waals surface area contributed by atoms with Crippen molar-refractivity contribution in [2.24, 2.45) is 0 Å². The molecule has 0 fully saturated rings. The number of esters is 1. The molecule has 0 aliphatic carbocycles. The van der Waals surface area contributed by atoms with Crippen LogP contribution in [0.5, 0.6) is 0 Å². The maximum Gasteiger partial charge on any atom is 0.320 e. The van der Waals surface area contributed by atoms with Crippen LogP contribution >= 0.6 is 0 Å². The Morgan fingerprint density at radius 2 is 1.52 bits per heavy atom. The van der Waals surface area contributed by atoms with E-state index in [1.54, 1.807) is 48.5 Å². The average Bonchev–Trinajstić information content (AvgIpc) is 3.27. The predicted octanol–water partition coefficient (Wildman–Crippen LogP) is 4.03. The second-order valence-electron chi connectivity index (χ2n) is 7.72. The number of fused-ring (bicyclic) bond motifs is 1. The summed E-state index contributed by atoms with van der Waals surface area (Å²) in [5, 5.41) is 3.81. The fourth-order valence-electron chi connectivity index (χ4n) is 3.96. The first-order chi connectivity index (χ1) is 16.1. The van der Waals surface area contributed by atoms with Gasteiger partial charge in [-0.25, -0.2) is 0 Å². The molecule has 0 saturated carbocycles. The van der Waals surface area contributed by atoms with Gasteiger partial charge in [-0.2, -0.15) is 0 Å². The molecule has 0 spiro atoms. The zero-order chi connectivity index (χ0) is 23.2. The van der Waals surface area contributed by atoms with Gasteiger partial charge in [0.15, 0.2) is 5.78 Å². The number of ether oxygens (including phenoxy) is 1. The van der Waals surface area contributed by atoms with E-state index in [9.17, 15) is 14.4 Å². The number of benzene rings is 3. The molecule has 4 aromatic rings. The number of hydrogen-bond acceptors (Lipinski definition) is 4. The van der Waals surface area contributed by atoms with E-state index < -0.39 is 23.7 Å². The Hall–Kier alpha value is -4.19. The lowest BCUT2D eigenvalue weighted by atomic mass is 9.88. The van der Waals surface area contributed by atoms with Crippen molar-refractivity contribution in [2.45, 2.75) is 18.4 Å². The highest BCUT2D eigenvalue weighted by Crippen LogP contribution is 2.24. The fourth-order valence-corrected chi connectivity index (χ4v) is 3.96. The molecule has 166 valence electrons. The minimum atomic E-state index is -1.15. The van der Waals surface area contributed by atoms with Crippen molar-refractivity contribution in [1.29, 1.82) is 0 Å². The Labute approximate surface area is 191 Å². The molecule has 6 nitrogen and oxygen atoms in total. The minimum Gasteiger partial charge on any atom is -0.468 e. The van der Waals surface area contributed by atoms with Crippen LogP contribution in [0.15, 0.2) is 91.1 Å². The zero-order valence-corrected chi connectivity index (χ0v) is 18.2. The quantitative estimate of drug-likeness (QED) is 0.320. The normalized spacial score (nSPS) is 12.6. The number of aromatic amines is 1. The van der Waals surface area contributed by atoms with Gasteiger partial charge in [-0.05, 0) is 29.3 Å². The second-order valence-corrected chi connectivity index (χ2v) is 7.72. The molecular formula is C27H24N2O4. The van der Waals surface area contributed by atoms with Gasteiger partial charge < -0.3 is 15.0 Å². The molecule has 3 aromatic carbocycles. The average molecular weight is 440 g/mol. The lowest BCUT2D eigenvalue weighted by Crippen LogP contribution is -2.46. The Kier molecular flexibility index (Phi) is 6.64. The van der Waals surface area contributed by atoms with Gasteiger partial charge in [0.05, 0.1) is 13.2 Å². The summed E-state index contributed by atoms with van der Waals surface area (Å²) in [6, 6.07) is 24.2. The monoisotopic (exact) mass is 440 g/mol. The zero-order valence-electron chi connectivity index (χ0n) is 18.2. The summed E-state index contributed by atoms with van der Waals surface area (Å²) in [7, 11) is 1.25. The molecule has 0 bridgehead atoms. The highest BCUT2D eigenvalue weighted by molar-refractivity contribution is 6.09. The number of H-pyrrole nitrogens is 1. The summed E-state index contributed by atoms with van der Waals surface area (Å²) < 4.78 is 4.95. The molecule has 1 amide bonds. The van der Waals surface area contributed by atoms with Crippen molar-refractivity contribution in [2.75, 3.05) is 7.11 Å². The smallest absolute Gasteiger partial charge is 0.320 e. The third kappa shape index (κ3) is 4.85. The van der Waals surface area contributed by atoms with Crippen molar-refractivity contribution < 1.29 is 19.1 Å². The molecule has 4 rings (SSSR count). The minimum absolute atomic E-state index is 0.224. The largest absolute Gasteiger partial charge is 0.468 e. The molecule has 1 aromatic heterocycles. The SMILES string of the molecule is COC(=O)C(C(=O)[C@H](Cc1c[nH]c2ccccc12)NC(=O)c1ccccc1)c1ccccc1. The van der Waals surface area contributed by atoms with Crippen molar-refractivity contribution in [3.05, 3.63) is 108 Å². The van der Waals surface area contributed by atoms with Crippen LogP contribution in [0.1, 0.15) is 27.4 Å². The van der Waals surface area contributed by atoms with Gasteiger partial charge in [-0.3, -0.25) is 14.4 Å². The van der Waals surface area contributed by atoms with Crippen LogP contribution in [-0.4, -0.2) is 35.8 Å². The third-order valence-electron chi connectivity index (χ3n) is 5.64. The van der Waals surface area contributed by atoms with E-state index in [-0.39, 0.29) is 12.3 Å². The predicted molar refractivity (Wildman–Crippen MR) is 126 cm³/mol. The Bertz CT molecular complexity index is 1270. The van der Waals surface area contributed by atoms with Crippen molar-refractivity contribution in [3.8, 4) is 0 Å². The Balaban J connectivity index is 1.71. The number of methoxy groups -OCH3 is 1. The molecule has 2 atom stereocenters. The van der Waals surface area contributed by atoms with Crippen LogP contribution < -0.4 is 5.32 Å². The van der Waals surface area contributed by atoms with Gasteiger partial charge in [0, 0.05) is 29.1 Å². The molecule has 0 aliphatic rings. The van der Waals surface area contributed by atoms with Crippen LogP contribution in [0.3, 0.4) is 0 Å². The number of amides is 1. The first-order valence-corrected chi connectivity index (χ1v) is 10.7. The van der Waals surface area contributed by atoms with Crippen molar-refractivity contribution in [3.63, 3.8) is 0 Å². The molecule has 0 saturated heterocycles. The number of ketones is 1. The van der Waals surface area contributed by atoms with E-state index in [4.69, 9.17) is 4.74 Å².